The molecule has 3 nitrogen and oxygen atoms in total. The fraction of sp³-hybridized carbons (Fsp3) is 0.400. The Labute approximate surface area is 121 Å². The van der Waals surface area contributed by atoms with Gasteiger partial charge in [-0.2, -0.15) is 5.10 Å². The van der Waals surface area contributed by atoms with Crippen LogP contribution in [0.5, 0.6) is 0 Å². The van der Waals surface area contributed by atoms with Gasteiger partial charge in [-0.05, 0) is 46.5 Å². The Hall–Kier alpha value is -1.13. The molecule has 19 heavy (non-hydrogen) atoms. The first-order valence-electron chi connectivity index (χ1n) is 6.75. The first kappa shape index (κ1) is 12.9. The number of hydrogen-bond acceptors (Lipinski definition) is 2. The van der Waals surface area contributed by atoms with Gasteiger partial charge in [0.2, 0.25) is 0 Å². The van der Waals surface area contributed by atoms with Crippen LogP contribution in [0.2, 0.25) is 0 Å². The van der Waals surface area contributed by atoms with E-state index in [1.807, 2.05) is 10.9 Å². The number of halogens is 1. The molecule has 4 heteroatoms. The van der Waals surface area contributed by atoms with Crippen LogP contribution in [0.4, 0.5) is 0 Å². The van der Waals surface area contributed by atoms with Crippen LogP contribution in [-0.2, 0) is 5.41 Å². The topological polar surface area (TPSA) is 43.8 Å². The third-order valence-corrected chi connectivity index (χ3v) is 4.66. The Morgan fingerprint density at radius 1 is 1.21 bits per heavy atom. The monoisotopic (exact) mass is 319 g/mol. The van der Waals surface area contributed by atoms with Gasteiger partial charge >= 0.3 is 0 Å². The minimum absolute atomic E-state index is 0.212. The minimum Gasteiger partial charge on any atom is -0.330 e. The summed E-state index contributed by atoms with van der Waals surface area (Å²) < 4.78 is 2.86. The largest absolute Gasteiger partial charge is 0.330 e. The summed E-state index contributed by atoms with van der Waals surface area (Å²) in [5.74, 6) is 0. The first-order valence-corrected chi connectivity index (χ1v) is 7.54. The average Bonchev–Trinajstić information content (AvgIpc) is 3.08. The van der Waals surface area contributed by atoms with E-state index in [0.717, 1.165) is 16.7 Å². The second kappa shape index (κ2) is 5.10. The summed E-state index contributed by atoms with van der Waals surface area (Å²) in [6.07, 6.45) is 8.79. The van der Waals surface area contributed by atoms with E-state index < -0.39 is 0 Å². The molecule has 1 fully saturated rings. The van der Waals surface area contributed by atoms with Crippen LogP contribution >= 0.6 is 15.9 Å². The highest BCUT2D eigenvalue weighted by Crippen LogP contribution is 2.40. The van der Waals surface area contributed by atoms with Gasteiger partial charge in [0.05, 0.1) is 16.4 Å². The third kappa shape index (κ3) is 2.35. The third-order valence-electron chi connectivity index (χ3n) is 4.25. The van der Waals surface area contributed by atoms with Crippen molar-refractivity contribution in [2.45, 2.75) is 31.1 Å². The van der Waals surface area contributed by atoms with Gasteiger partial charge in [0.25, 0.3) is 0 Å². The molecule has 3 rings (SSSR count). The van der Waals surface area contributed by atoms with Gasteiger partial charge in [-0.3, -0.25) is 0 Å². The highest BCUT2D eigenvalue weighted by atomic mass is 79.9. The van der Waals surface area contributed by atoms with Gasteiger partial charge in [0.1, 0.15) is 0 Å². The Morgan fingerprint density at radius 3 is 2.42 bits per heavy atom. The van der Waals surface area contributed by atoms with Gasteiger partial charge in [-0.25, -0.2) is 4.68 Å². The van der Waals surface area contributed by atoms with Crippen molar-refractivity contribution in [2.75, 3.05) is 6.54 Å². The number of hydrogen-bond donors (Lipinski definition) is 1. The fourth-order valence-corrected chi connectivity index (χ4v) is 3.36. The number of rotatable bonds is 3. The van der Waals surface area contributed by atoms with E-state index in [2.05, 4.69) is 45.3 Å². The maximum Gasteiger partial charge on any atom is 0.0646 e. The van der Waals surface area contributed by atoms with E-state index in [4.69, 9.17) is 5.73 Å². The van der Waals surface area contributed by atoms with Crippen molar-refractivity contribution < 1.29 is 0 Å². The molecule has 2 N–H and O–H groups in total. The summed E-state index contributed by atoms with van der Waals surface area (Å²) in [4.78, 5) is 0. The molecule has 2 aromatic rings. The van der Waals surface area contributed by atoms with Gasteiger partial charge in [0.15, 0.2) is 0 Å². The highest BCUT2D eigenvalue weighted by molar-refractivity contribution is 9.10. The molecule has 0 atom stereocenters. The molecule has 1 heterocycles. The molecule has 1 aromatic heterocycles. The molecule has 1 aromatic carbocycles. The van der Waals surface area contributed by atoms with Crippen LogP contribution in [0, 0.1) is 0 Å². The van der Waals surface area contributed by atoms with E-state index >= 15 is 0 Å². The summed E-state index contributed by atoms with van der Waals surface area (Å²) in [5.41, 5.74) is 8.70. The normalized spacial score (nSPS) is 17.8. The molecule has 0 amide bonds. The van der Waals surface area contributed by atoms with Gasteiger partial charge in [-0.1, -0.05) is 25.0 Å². The lowest BCUT2D eigenvalue weighted by Crippen LogP contribution is -2.31. The lowest BCUT2D eigenvalue weighted by Gasteiger charge is -2.28. The average molecular weight is 320 g/mol. The van der Waals surface area contributed by atoms with E-state index in [1.54, 1.807) is 6.20 Å². The maximum absolute atomic E-state index is 6.03. The number of nitrogens with zero attached hydrogens (tertiary/aromatic N) is 2. The van der Waals surface area contributed by atoms with Gasteiger partial charge in [-0.15, -0.1) is 0 Å². The van der Waals surface area contributed by atoms with Crippen LogP contribution in [0.25, 0.3) is 5.69 Å². The summed E-state index contributed by atoms with van der Waals surface area (Å²) in [6.45, 7) is 0.750. The second-order valence-corrected chi connectivity index (χ2v) is 6.26. The molecule has 0 saturated heterocycles. The van der Waals surface area contributed by atoms with Gasteiger partial charge < -0.3 is 5.73 Å². The Balaban J connectivity index is 1.90. The number of aromatic nitrogens is 2. The fourth-order valence-electron chi connectivity index (χ4n) is 3.07. The van der Waals surface area contributed by atoms with Crippen molar-refractivity contribution >= 4 is 15.9 Å². The standard InChI is InChI=1S/C15H18BrN3/c16-13-9-18-19(10-13)14-5-3-12(4-6-14)15(11-17)7-1-2-8-15/h3-6,9-10H,1-2,7-8,11,17H2. The van der Waals surface area contributed by atoms with E-state index in [0.29, 0.717) is 0 Å². The molecule has 1 saturated carbocycles. The SMILES string of the molecule is NCC1(c2ccc(-n3cc(Br)cn3)cc2)CCCC1. The molecule has 0 aliphatic heterocycles. The molecule has 0 unspecified atom stereocenters. The summed E-state index contributed by atoms with van der Waals surface area (Å²) in [6, 6.07) is 8.68. The quantitative estimate of drug-likeness (QED) is 0.942. The minimum atomic E-state index is 0.212. The zero-order valence-corrected chi connectivity index (χ0v) is 12.4. The number of benzene rings is 1. The van der Waals surface area contributed by atoms with Crippen LogP contribution in [0.15, 0.2) is 41.1 Å². The summed E-state index contributed by atoms with van der Waals surface area (Å²) in [5, 5.41) is 4.30. The highest BCUT2D eigenvalue weighted by Gasteiger charge is 2.33. The van der Waals surface area contributed by atoms with Crippen LogP contribution in [0.1, 0.15) is 31.2 Å². The Morgan fingerprint density at radius 2 is 1.89 bits per heavy atom. The maximum atomic E-state index is 6.03. The first-order chi connectivity index (χ1) is 9.23. The molecule has 0 spiro atoms. The van der Waals surface area contributed by atoms with Crippen molar-refractivity contribution in [1.82, 2.24) is 9.78 Å². The van der Waals surface area contributed by atoms with Crippen molar-refractivity contribution in [2.24, 2.45) is 5.73 Å². The van der Waals surface area contributed by atoms with Crippen molar-refractivity contribution in [1.29, 1.82) is 0 Å². The molecular weight excluding hydrogens is 302 g/mol. The van der Waals surface area contributed by atoms with Crippen LogP contribution in [0.3, 0.4) is 0 Å². The molecule has 1 aliphatic rings. The van der Waals surface area contributed by atoms with Crippen molar-refractivity contribution in [3.63, 3.8) is 0 Å². The molecular formula is C15H18BrN3. The lowest BCUT2D eigenvalue weighted by atomic mass is 9.79. The Kier molecular flexibility index (Phi) is 3.46. The van der Waals surface area contributed by atoms with Crippen molar-refractivity contribution in [3.05, 3.63) is 46.7 Å². The van der Waals surface area contributed by atoms with E-state index in [-0.39, 0.29) is 5.41 Å². The number of nitrogens with two attached hydrogens (primary N) is 1. The zero-order valence-electron chi connectivity index (χ0n) is 10.8. The van der Waals surface area contributed by atoms with Crippen LogP contribution < -0.4 is 5.73 Å². The molecule has 1 aliphatic carbocycles. The summed E-state index contributed by atoms with van der Waals surface area (Å²) in [7, 11) is 0. The second-order valence-electron chi connectivity index (χ2n) is 5.34. The van der Waals surface area contributed by atoms with Crippen molar-refractivity contribution in [3.8, 4) is 5.69 Å². The molecule has 0 radical (unpaired) electrons. The van der Waals surface area contributed by atoms with Crippen LogP contribution in [-0.4, -0.2) is 16.3 Å². The predicted octanol–water partition coefficient (Wildman–Crippen LogP) is 3.41. The van der Waals surface area contributed by atoms with E-state index in [9.17, 15) is 0 Å². The predicted molar refractivity (Wildman–Crippen MR) is 80.5 cm³/mol. The summed E-state index contributed by atoms with van der Waals surface area (Å²) >= 11 is 3.42. The zero-order chi connectivity index (χ0) is 13.3. The van der Waals surface area contributed by atoms with Gasteiger partial charge in [0, 0.05) is 18.2 Å². The van der Waals surface area contributed by atoms with E-state index in [1.165, 1.54) is 31.2 Å². The Bertz CT molecular complexity index is 553. The molecule has 0 bridgehead atoms. The lowest BCUT2D eigenvalue weighted by molar-refractivity contribution is 0.453. The smallest absolute Gasteiger partial charge is 0.0646 e. The molecule has 100 valence electrons.